The van der Waals surface area contributed by atoms with Gasteiger partial charge >= 0.3 is 0 Å². The Morgan fingerprint density at radius 1 is 1.26 bits per heavy atom. The first-order chi connectivity index (χ1) is 15.8. The van der Waals surface area contributed by atoms with Crippen LogP contribution in [0, 0.1) is 5.92 Å². The summed E-state index contributed by atoms with van der Waals surface area (Å²) >= 11 is 6.13. The third-order valence-corrected chi connectivity index (χ3v) is 7.17. The fourth-order valence-electron chi connectivity index (χ4n) is 3.86. The van der Waals surface area contributed by atoms with E-state index < -0.39 is 15.9 Å². The summed E-state index contributed by atoms with van der Waals surface area (Å²) in [5.41, 5.74) is -0.304. The van der Waals surface area contributed by atoms with Crippen molar-refractivity contribution < 1.29 is 13.2 Å². The van der Waals surface area contributed by atoms with E-state index in [2.05, 4.69) is 39.4 Å². The standard InChI is InChI=1S/C23H33ClN6O3S/c1-22(2,3)21-26-14-16(19(24)29-21)20(31)30-34(32,33)18-10-6-9-17(28-18)25-11-7-8-15-12-23(4,5)27-13-15/h6,9-10,14-15,27H,7-8,11-13H2,1-5H3,(H,25,28)(H,30,31)/t15-/m0/s1. The molecule has 1 atom stereocenters. The quantitative estimate of drug-likeness (QED) is 0.365. The number of hydrogen-bond donors (Lipinski definition) is 3. The summed E-state index contributed by atoms with van der Waals surface area (Å²) in [5, 5.41) is 6.30. The molecule has 1 aliphatic heterocycles. The van der Waals surface area contributed by atoms with Gasteiger partial charge in [-0.25, -0.2) is 19.7 Å². The molecule has 3 heterocycles. The molecule has 2 aromatic rings. The zero-order chi connectivity index (χ0) is 25.1. The molecule has 34 heavy (non-hydrogen) atoms. The lowest BCUT2D eigenvalue weighted by molar-refractivity contribution is 0.0980. The van der Waals surface area contributed by atoms with E-state index in [-0.39, 0.29) is 26.7 Å². The first kappa shape index (κ1) is 26.3. The van der Waals surface area contributed by atoms with Crippen LogP contribution in [0.1, 0.15) is 70.1 Å². The maximum Gasteiger partial charge on any atom is 0.281 e. The maximum atomic E-state index is 12.8. The van der Waals surface area contributed by atoms with E-state index in [0.29, 0.717) is 24.1 Å². The number of rotatable bonds is 8. The highest BCUT2D eigenvalue weighted by Crippen LogP contribution is 2.26. The highest BCUT2D eigenvalue weighted by Gasteiger charge is 2.29. The first-order valence-corrected chi connectivity index (χ1v) is 13.2. The second-order valence-electron chi connectivity index (χ2n) is 10.3. The number of nitrogens with one attached hydrogen (secondary N) is 3. The molecule has 11 heteroatoms. The van der Waals surface area contributed by atoms with E-state index in [0.717, 1.165) is 25.8 Å². The second kappa shape index (κ2) is 10.1. The van der Waals surface area contributed by atoms with Crippen LogP contribution < -0.4 is 15.4 Å². The Morgan fingerprint density at radius 3 is 2.62 bits per heavy atom. The first-order valence-electron chi connectivity index (χ1n) is 11.3. The number of carbonyl (C=O) groups excluding carboxylic acids is 1. The fourth-order valence-corrected chi connectivity index (χ4v) is 5.01. The number of nitrogens with zero attached hydrogens (tertiary/aromatic N) is 3. The summed E-state index contributed by atoms with van der Waals surface area (Å²) in [4.78, 5) is 25.0. The summed E-state index contributed by atoms with van der Waals surface area (Å²) < 4.78 is 27.5. The number of pyridine rings is 1. The molecule has 1 saturated heterocycles. The molecule has 3 rings (SSSR count). The number of amides is 1. The van der Waals surface area contributed by atoms with Gasteiger partial charge in [-0.15, -0.1) is 0 Å². The largest absolute Gasteiger partial charge is 0.370 e. The topological polar surface area (TPSA) is 126 Å². The lowest BCUT2D eigenvalue weighted by Crippen LogP contribution is -2.32. The van der Waals surface area contributed by atoms with Crippen molar-refractivity contribution in [3.05, 3.63) is 40.9 Å². The minimum Gasteiger partial charge on any atom is -0.370 e. The number of halogens is 1. The van der Waals surface area contributed by atoms with Crippen LogP contribution in [0.2, 0.25) is 5.15 Å². The molecule has 186 valence electrons. The highest BCUT2D eigenvalue weighted by atomic mass is 35.5. The number of hydrogen-bond acceptors (Lipinski definition) is 8. The Bertz CT molecular complexity index is 1150. The Kier molecular flexibility index (Phi) is 7.84. The lowest BCUT2D eigenvalue weighted by atomic mass is 9.94. The summed E-state index contributed by atoms with van der Waals surface area (Å²) in [6.45, 7) is 11.8. The van der Waals surface area contributed by atoms with Gasteiger partial charge < -0.3 is 10.6 Å². The fraction of sp³-hybridized carbons (Fsp3) is 0.565. The van der Waals surface area contributed by atoms with Gasteiger partial charge in [-0.2, -0.15) is 8.42 Å². The number of aromatic nitrogens is 3. The molecule has 0 aliphatic carbocycles. The van der Waals surface area contributed by atoms with Crippen molar-refractivity contribution in [3.8, 4) is 0 Å². The predicted octanol–water partition coefficient (Wildman–Crippen LogP) is 3.52. The third-order valence-electron chi connectivity index (χ3n) is 5.65. The number of anilines is 1. The molecule has 0 spiro atoms. The predicted molar refractivity (Wildman–Crippen MR) is 133 cm³/mol. The Labute approximate surface area is 206 Å². The average molecular weight is 509 g/mol. The van der Waals surface area contributed by atoms with Crippen LogP contribution in [0.5, 0.6) is 0 Å². The highest BCUT2D eigenvalue weighted by molar-refractivity contribution is 7.90. The van der Waals surface area contributed by atoms with Crippen LogP contribution in [0.3, 0.4) is 0 Å². The summed E-state index contributed by atoms with van der Waals surface area (Å²) in [6.07, 6.45) is 4.40. The summed E-state index contributed by atoms with van der Waals surface area (Å²) in [5.74, 6) is 0.597. The molecule has 0 saturated carbocycles. The van der Waals surface area contributed by atoms with E-state index in [9.17, 15) is 13.2 Å². The summed E-state index contributed by atoms with van der Waals surface area (Å²) in [6, 6.07) is 4.59. The Morgan fingerprint density at radius 2 is 2.00 bits per heavy atom. The minimum atomic E-state index is -4.22. The van der Waals surface area contributed by atoms with Gasteiger partial charge in [0, 0.05) is 23.7 Å². The van der Waals surface area contributed by atoms with Crippen LogP contribution in [-0.4, -0.2) is 47.9 Å². The summed E-state index contributed by atoms with van der Waals surface area (Å²) in [7, 11) is -4.22. The SMILES string of the molecule is CC1(C)C[C@H](CCCNc2cccc(S(=O)(=O)NC(=O)c3cnc(C(C)(C)C)nc3Cl)n2)CN1. The van der Waals surface area contributed by atoms with Gasteiger partial charge in [-0.1, -0.05) is 38.4 Å². The monoisotopic (exact) mass is 508 g/mol. The molecule has 0 unspecified atom stereocenters. The van der Waals surface area contributed by atoms with Crippen molar-refractivity contribution >= 4 is 33.3 Å². The van der Waals surface area contributed by atoms with Crippen LogP contribution in [-0.2, 0) is 15.4 Å². The van der Waals surface area contributed by atoms with Crippen molar-refractivity contribution in [1.29, 1.82) is 0 Å². The molecule has 0 aromatic carbocycles. The van der Waals surface area contributed by atoms with Gasteiger partial charge in [0.25, 0.3) is 15.9 Å². The van der Waals surface area contributed by atoms with Crippen LogP contribution in [0.15, 0.2) is 29.4 Å². The molecular formula is C23H33ClN6O3S. The molecule has 9 nitrogen and oxygen atoms in total. The average Bonchev–Trinajstić information content (AvgIpc) is 3.09. The van der Waals surface area contributed by atoms with Gasteiger partial charge in [0.05, 0.1) is 5.56 Å². The van der Waals surface area contributed by atoms with E-state index >= 15 is 0 Å². The zero-order valence-corrected chi connectivity index (χ0v) is 21.8. The zero-order valence-electron chi connectivity index (χ0n) is 20.3. The van der Waals surface area contributed by atoms with E-state index in [4.69, 9.17) is 11.6 Å². The Hall–Kier alpha value is -2.30. The van der Waals surface area contributed by atoms with Crippen LogP contribution in [0.25, 0.3) is 0 Å². The van der Waals surface area contributed by atoms with Crippen LogP contribution in [0.4, 0.5) is 5.82 Å². The number of sulfonamides is 1. The molecule has 3 N–H and O–H groups in total. The van der Waals surface area contributed by atoms with E-state index in [1.54, 1.807) is 12.1 Å². The van der Waals surface area contributed by atoms with Gasteiger partial charge in [0.2, 0.25) is 0 Å². The van der Waals surface area contributed by atoms with E-state index in [1.165, 1.54) is 12.3 Å². The maximum absolute atomic E-state index is 12.8. The van der Waals surface area contributed by atoms with Gasteiger partial charge in [0.1, 0.15) is 16.8 Å². The minimum absolute atomic E-state index is 0.114. The molecule has 2 aromatic heterocycles. The molecular weight excluding hydrogens is 476 g/mol. The third kappa shape index (κ3) is 6.86. The van der Waals surface area contributed by atoms with Crippen molar-refractivity contribution in [2.45, 2.75) is 69.9 Å². The normalized spacial score (nSPS) is 18.0. The smallest absolute Gasteiger partial charge is 0.281 e. The second-order valence-corrected chi connectivity index (χ2v) is 12.3. The lowest BCUT2D eigenvalue weighted by Gasteiger charge is -2.17. The van der Waals surface area contributed by atoms with Crippen LogP contribution >= 0.6 is 11.6 Å². The molecule has 1 fully saturated rings. The molecule has 0 bridgehead atoms. The molecule has 1 amide bonds. The number of carbonyl (C=O) groups is 1. The van der Waals surface area contributed by atoms with Gasteiger partial charge in [0.15, 0.2) is 5.03 Å². The van der Waals surface area contributed by atoms with E-state index in [1.807, 2.05) is 25.5 Å². The van der Waals surface area contributed by atoms with Crippen molar-refractivity contribution in [3.63, 3.8) is 0 Å². The molecule has 0 radical (unpaired) electrons. The van der Waals surface area contributed by atoms with Crippen molar-refractivity contribution in [1.82, 2.24) is 25.0 Å². The Balaban J connectivity index is 1.60. The van der Waals surface area contributed by atoms with Crippen molar-refractivity contribution in [2.75, 3.05) is 18.4 Å². The van der Waals surface area contributed by atoms with Gasteiger partial charge in [-0.05, 0) is 57.7 Å². The molecule has 1 aliphatic rings. The van der Waals surface area contributed by atoms with Gasteiger partial charge in [-0.3, -0.25) is 4.79 Å². The van der Waals surface area contributed by atoms with Crippen molar-refractivity contribution in [2.24, 2.45) is 5.92 Å².